The van der Waals surface area contributed by atoms with Crippen molar-refractivity contribution in [1.29, 1.82) is 0 Å². The first-order valence-electron chi connectivity index (χ1n) is 10.9. The first-order valence-corrected chi connectivity index (χ1v) is 13.4. The molecule has 6 nitrogen and oxygen atoms in total. The van der Waals surface area contributed by atoms with Gasteiger partial charge in [0.1, 0.15) is 0 Å². The molecule has 0 aliphatic carbocycles. The van der Waals surface area contributed by atoms with E-state index in [9.17, 15) is 13.2 Å². The number of sulfonamides is 1. The van der Waals surface area contributed by atoms with Crippen LogP contribution in [0.15, 0.2) is 59.5 Å². The Kier molecular flexibility index (Phi) is 8.38. The smallest absolute Gasteiger partial charge is 0.251 e. The minimum Gasteiger partial charge on any atom is -0.351 e. The Morgan fingerprint density at radius 2 is 1.59 bits per heavy atom. The average Bonchev–Trinajstić information content (AvgIpc) is 2.77. The van der Waals surface area contributed by atoms with E-state index >= 15 is 0 Å². The summed E-state index contributed by atoms with van der Waals surface area (Å²) in [5.41, 5.74) is 1.78. The summed E-state index contributed by atoms with van der Waals surface area (Å²) < 4.78 is 27.3. The molecule has 0 spiro atoms. The highest BCUT2D eigenvalue weighted by molar-refractivity contribution is 8.00. The molecule has 0 unspecified atom stereocenters. The number of piperazine rings is 1. The molecule has 1 fully saturated rings. The third-order valence-corrected chi connectivity index (χ3v) is 8.44. The minimum absolute atomic E-state index is 0.0502. The van der Waals surface area contributed by atoms with Crippen LogP contribution in [0.4, 0.5) is 0 Å². The summed E-state index contributed by atoms with van der Waals surface area (Å²) in [6.07, 6.45) is 0. The van der Waals surface area contributed by atoms with Gasteiger partial charge in [0.2, 0.25) is 10.0 Å². The van der Waals surface area contributed by atoms with Crippen molar-refractivity contribution in [2.75, 3.05) is 38.5 Å². The molecule has 1 amide bonds. The molecule has 174 valence electrons. The lowest BCUT2D eigenvalue weighted by Gasteiger charge is -2.34. The molecule has 2 aromatic carbocycles. The van der Waals surface area contributed by atoms with Crippen molar-refractivity contribution >= 4 is 27.7 Å². The third-order valence-electron chi connectivity index (χ3n) is 5.26. The van der Waals surface area contributed by atoms with Crippen molar-refractivity contribution in [3.63, 3.8) is 0 Å². The van der Waals surface area contributed by atoms with E-state index in [-0.39, 0.29) is 10.7 Å². The summed E-state index contributed by atoms with van der Waals surface area (Å²) in [7, 11) is -3.43. The lowest BCUT2D eigenvalue weighted by atomic mass is 10.1. The summed E-state index contributed by atoms with van der Waals surface area (Å²) in [6.45, 7) is 10.2. The summed E-state index contributed by atoms with van der Waals surface area (Å²) in [5.74, 6) is 0.838. The standard InChI is InChI=1S/C24H33N3O3S2/c1-24(2,3)31-18-13-25-23(28)21-11-9-20(10-12-21)19-26-14-16-27(17-15-26)32(29,30)22-7-5-4-6-8-22/h4-12H,13-19H2,1-3H3,(H,25,28). The Morgan fingerprint density at radius 3 is 2.19 bits per heavy atom. The molecule has 1 aliphatic heterocycles. The monoisotopic (exact) mass is 475 g/mol. The fourth-order valence-electron chi connectivity index (χ4n) is 3.51. The van der Waals surface area contributed by atoms with Gasteiger partial charge in [-0.25, -0.2) is 8.42 Å². The highest BCUT2D eigenvalue weighted by atomic mass is 32.2. The van der Waals surface area contributed by atoms with Crippen molar-refractivity contribution in [2.45, 2.75) is 37.0 Å². The SMILES string of the molecule is CC(C)(C)SCCNC(=O)c1ccc(CN2CCN(S(=O)(=O)c3ccccc3)CC2)cc1. The van der Waals surface area contributed by atoms with Crippen LogP contribution in [-0.2, 0) is 16.6 Å². The van der Waals surface area contributed by atoms with Gasteiger partial charge in [-0.3, -0.25) is 9.69 Å². The zero-order chi connectivity index (χ0) is 23.2. The van der Waals surface area contributed by atoms with E-state index in [1.165, 1.54) is 0 Å². The van der Waals surface area contributed by atoms with Gasteiger partial charge in [0.25, 0.3) is 5.91 Å². The number of thioether (sulfide) groups is 1. The van der Waals surface area contributed by atoms with Crippen LogP contribution in [-0.4, -0.2) is 66.8 Å². The van der Waals surface area contributed by atoms with Gasteiger partial charge in [-0.1, -0.05) is 51.1 Å². The van der Waals surface area contributed by atoms with Gasteiger partial charge in [-0.2, -0.15) is 16.1 Å². The maximum Gasteiger partial charge on any atom is 0.251 e. The van der Waals surface area contributed by atoms with Gasteiger partial charge in [0, 0.05) is 55.3 Å². The van der Waals surface area contributed by atoms with Crippen LogP contribution < -0.4 is 5.32 Å². The maximum atomic E-state index is 12.8. The maximum absolute atomic E-state index is 12.8. The molecule has 0 aromatic heterocycles. The molecular weight excluding hydrogens is 442 g/mol. The molecule has 1 heterocycles. The summed E-state index contributed by atoms with van der Waals surface area (Å²) >= 11 is 1.83. The minimum atomic E-state index is -3.43. The molecular formula is C24H33N3O3S2. The summed E-state index contributed by atoms with van der Waals surface area (Å²) in [6, 6.07) is 16.3. The lowest BCUT2D eigenvalue weighted by Crippen LogP contribution is -2.48. The predicted molar refractivity (Wildman–Crippen MR) is 131 cm³/mol. The number of hydrogen-bond donors (Lipinski definition) is 1. The Bertz CT molecular complexity index is 979. The number of carbonyl (C=O) groups excluding carboxylic acids is 1. The number of rotatable bonds is 8. The van der Waals surface area contributed by atoms with E-state index in [4.69, 9.17) is 0 Å². The normalized spacial score (nSPS) is 16.1. The van der Waals surface area contributed by atoms with Crippen molar-refractivity contribution in [3.8, 4) is 0 Å². The molecule has 0 bridgehead atoms. The van der Waals surface area contributed by atoms with Gasteiger partial charge in [0.15, 0.2) is 0 Å². The van der Waals surface area contributed by atoms with Gasteiger partial charge in [-0.15, -0.1) is 0 Å². The lowest BCUT2D eigenvalue weighted by molar-refractivity contribution is 0.0956. The van der Waals surface area contributed by atoms with E-state index in [0.29, 0.717) is 43.2 Å². The van der Waals surface area contributed by atoms with E-state index in [2.05, 4.69) is 31.0 Å². The topological polar surface area (TPSA) is 69.7 Å². The zero-order valence-electron chi connectivity index (χ0n) is 19.1. The highest BCUT2D eigenvalue weighted by Gasteiger charge is 2.28. The predicted octanol–water partition coefficient (Wildman–Crippen LogP) is 3.45. The van der Waals surface area contributed by atoms with Crippen LogP contribution in [0.2, 0.25) is 0 Å². The zero-order valence-corrected chi connectivity index (χ0v) is 20.7. The second-order valence-corrected chi connectivity index (χ2v) is 12.8. The number of carbonyl (C=O) groups is 1. The molecule has 1 N–H and O–H groups in total. The Balaban J connectivity index is 1.46. The Morgan fingerprint density at radius 1 is 0.969 bits per heavy atom. The second-order valence-electron chi connectivity index (χ2n) is 8.91. The number of hydrogen-bond acceptors (Lipinski definition) is 5. The first kappa shape index (κ1) is 24.8. The van der Waals surface area contributed by atoms with E-state index in [1.807, 2.05) is 42.1 Å². The van der Waals surface area contributed by atoms with Crippen molar-refractivity contribution < 1.29 is 13.2 Å². The fourth-order valence-corrected chi connectivity index (χ4v) is 5.77. The molecule has 3 rings (SSSR count). The molecule has 8 heteroatoms. The van der Waals surface area contributed by atoms with Crippen LogP contribution in [0.5, 0.6) is 0 Å². The molecule has 1 aliphatic rings. The van der Waals surface area contributed by atoms with Gasteiger partial charge in [0.05, 0.1) is 4.90 Å². The van der Waals surface area contributed by atoms with Gasteiger partial charge < -0.3 is 5.32 Å². The van der Waals surface area contributed by atoms with Crippen LogP contribution in [0.1, 0.15) is 36.7 Å². The molecule has 1 saturated heterocycles. The molecule has 2 aromatic rings. The molecule has 0 atom stereocenters. The summed E-state index contributed by atoms with van der Waals surface area (Å²) in [5, 5.41) is 2.97. The van der Waals surface area contributed by atoms with Crippen LogP contribution in [0, 0.1) is 0 Å². The Labute approximate surface area is 196 Å². The largest absolute Gasteiger partial charge is 0.351 e. The molecule has 32 heavy (non-hydrogen) atoms. The Hall–Kier alpha value is -1.87. The van der Waals surface area contributed by atoms with E-state index in [0.717, 1.165) is 17.9 Å². The number of nitrogens with one attached hydrogen (secondary N) is 1. The van der Waals surface area contributed by atoms with Gasteiger partial charge in [-0.05, 0) is 29.8 Å². The average molecular weight is 476 g/mol. The van der Waals surface area contributed by atoms with Crippen LogP contribution in [0.25, 0.3) is 0 Å². The van der Waals surface area contributed by atoms with E-state index < -0.39 is 10.0 Å². The quantitative estimate of drug-likeness (QED) is 0.592. The second kappa shape index (κ2) is 10.8. The number of nitrogens with zero attached hydrogens (tertiary/aromatic N) is 2. The highest BCUT2D eigenvalue weighted by Crippen LogP contribution is 2.22. The first-order chi connectivity index (χ1) is 15.1. The number of amides is 1. The fraction of sp³-hybridized carbons (Fsp3) is 0.458. The molecule has 0 radical (unpaired) electrons. The van der Waals surface area contributed by atoms with Crippen molar-refractivity contribution in [2.24, 2.45) is 0 Å². The van der Waals surface area contributed by atoms with Gasteiger partial charge >= 0.3 is 0 Å². The third kappa shape index (κ3) is 7.07. The van der Waals surface area contributed by atoms with Crippen molar-refractivity contribution in [3.05, 3.63) is 65.7 Å². The summed E-state index contributed by atoms with van der Waals surface area (Å²) in [4.78, 5) is 14.9. The van der Waals surface area contributed by atoms with E-state index in [1.54, 1.807) is 28.6 Å². The van der Waals surface area contributed by atoms with Crippen LogP contribution >= 0.6 is 11.8 Å². The van der Waals surface area contributed by atoms with Crippen LogP contribution in [0.3, 0.4) is 0 Å². The van der Waals surface area contributed by atoms with Crippen molar-refractivity contribution in [1.82, 2.24) is 14.5 Å². The number of benzene rings is 2. The molecule has 0 saturated carbocycles.